The number of benzene rings is 1. The van der Waals surface area contributed by atoms with Crippen LogP contribution in [0.3, 0.4) is 0 Å². The highest BCUT2D eigenvalue weighted by Crippen LogP contribution is 2.18. The van der Waals surface area contributed by atoms with Crippen molar-refractivity contribution in [2.24, 2.45) is 0 Å². The molecule has 2 aromatic heterocycles. The van der Waals surface area contributed by atoms with Gasteiger partial charge in [0.2, 0.25) is 5.13 Å². The Kier molecular flexibility index (Phi) is 6.50. The second-order valence-electron chi connectivity index (χ2n) is 5.81. The molecule has 0 bridgehead atoms. The van der Waals surface area contributed by atoms with Gasteiger partial charge in [-0.1, -0.05) is 29.5 Å². The third kappa shape index (κ3) is 5.11. The van der Waals surface area contributed by atoms with Gasteiger partial charge >= 0.3 is 6.03 Å². The Morgan fingerprint density at radius 1 is 1.30 bits per heavy atom. The summed E-state index contributed by atoms with van der Waals surface area (Å²) in [6, 6.07) is 9.49. The van der Waals surface area contributed by atoms with E-state index in [1.165, 1.54) is 11.3 Å². The Bertz CT molecular complexity index is 864. The average molecular weight is 386 g/mol. The number of rotatable bonds is 8. The first-order valence-electron chi connectivity index (χ1n) is 8.67. The molecule has 0 aliphatic carbocycles. The van der Waals surface area contributed by atoms with Gasteiger partial charge in [-0.05, 0) is 24.6 Å². The molecule has 8 nitrogen and oxygen atoms in total. The largest absolute Gasteiger partial charge is 0.381 e. The predicted molar refractivity (Wildman–Crippen MR) is 104 cm³/mol. The first kappa shape index (κ1) is 19.0. The SMILES string of the molecule is CCOCCc1nnc(NC(=O)N(C)Cc2ccccc2-n2cccn2)s1. The summed E-state index contributed by atoms with van der Waals surface area (Å²) in [5.74, 6) is 0. The number of carbonyl (C=O) groups is 1. The molecule has 2 heterocycles. The molecule has 1 N–H and O–H groups in total. The van der Waals surface area contributed by atoms with Gasteiger partial charge in [-0.15, -0.1) is 10.2 Å². The zero-order valence-corrected chi connectivity index (χ0v) is 16.1. The Morgan fingerprint density at radius 2 is 2.15 bits per heavy atom. The summed E-state index contributed by atoms with van der Waals surface area (Å²) in [6.07, 6.45) is 4.30. The number of carbonyl (C=O) groups excluding carboxylic acids is 1. The second-order valence-corrected chi connectivity index (χ2v) is 6.88. The first-order valence-corrected chi connectivity index (χ1v) is 9.49. The van der Waals surface area contributed by atoms with Crippen molar-refractivity contribution in [2.75, 3.05) is 25.6 Å². The Balaban J connectivity index is 1.60. The lowest BCUT2D eigenvalue weighted by Crippen LogP contribution is -2.31. The van der Waals surface area contributed by atoms with E-state index >= 15 is 0 Å². The quantitative estimate of drug-likeness (QED) is 0.602. The van der Waals surface area contributed by atoms with Crippen LogP contribution in [0.1, 0.15) is 17.5 Å². The normalized spacial score (nSPS) is 10.7. The minimum absolute atomic E-state index is 0.238. The molecule has 1 aromatic carbocycles. The van der Waals surface area contributed by atoms with Crippen molar-refractivity contribution in [1.29, 1.82) is 0 Å². The summed E-state index contributed by atoms with van der Waals surface area (Å²) in [4.78, 5) is 14.1. The maximum Gasteiger partial charge on any atom is 0.323 e. The summed E-state index contributed by atoms with van der Waals surface area (Å²) in [7, 11) is 1.74. The van der Waals surface area contributed by atoms with Crippen molar-refractivity contribution in [3.63, 3.8) is 0 Å². The van der Waals surface area contributed by atoms with E-state index in [4.69, 9.17) is 4.74 Å². The van der Waals surface area contributed by atoms with Crippen LogP contribution in [0, 0.1) is 0 Å². The molecule has 3 aromatic rings. The van der Waals surface area contributed by atoms with Gasteiger partial charge in [0.15, 0.2) is 0 Å². The number of para-hydroxylation sites is 1. The van der Waals surface area contributed by atoms with Gasteiger partial charge in [0.25, 0.3) is 0 Å². The number of nitrogens with zero attached hydrogens (tertiary/aromatic N) is 5. The molecule has 0 aliphatic heterocycles. The minimum atomic E-state index is -0.238. The molecule has 0 radical (unpaired) electrons. The molecular weight excluding hydrogens is 364 g/mol. The minimum Gasteiger partial charge on any atom is -0.381 e. The topological polar surface area (TPSA) is 85.2 Å². The molecular formula is C18H22N6O2S. The number of aromatic nitrogens is 4. The lowest BCUT2D eigenvalue weighted by molar-refractivity contribution is 0.150. The maximum atomic E-state index is 12.5. The smallest absolute Gasteiger partial charge is 0.323 e. The molecule has 0 saturated carbocycles. The maximum absolute atomic E-state index is 12.5. The summed E-state index contributed by atoms with van der Waals surface area (Å²) < 4.78 is 7.10. The van der Waals surface area contributed by atoms with Crippen LogP contribution in [-0.4, -0.2) is 51.2 Å². The van der Waals surface area contributed by atoms with E-state index in [2.05, 4.69) is 20.6 Å². The molecule has 9 heteroatoms. The van der Waals surface area contributed by atoms with Gasteiger partial charge in [0, 0.05) is 39.0 Å². The summed E-state index contributed by atoms with van der Waals surface area (Å²) >= 11 is 1.36. The van der Waals surface area contributed by atoms with Crippen LogP contribution in [0.25, 0.3) is 5.69 Å². The second kappa shape index (κ2) is 9.24. The molecule has 0 atom stereocenters. The zero-order chi connectivity index (χ0) is 19.1. The van der Waals surface area contributed by atoms with Crippen molar-refractivity contribution < 1.29 is 9.53 Å². The van der Waals surface area contributed by atoms with Crippen LogP contribution in [0.4, 0.5) is 9.93 Å². The number of urea groups is 1. The molecule has 0 unspecified atom stereocenters. The van der Waals surface area contributed by atoms with Crippen molar-refractivity contribution in [3.8, 4) is 5.69 Å². The van der Waals surface area contributed by atoms with Gasteiger partial charge in [-0.2, -0.15) is 5.10 Å². The predicted octanol–water partition coefficient (Wildman–Crippen LogP) is 2.97. The monoisotopic (exact) mass is 386 g/mol. The van der Waals surface area contributed by atoms with E-state index in [9.17, 15) is 4.79 Å². The molecule has 3 rings (SSSR count). The van der Waals surface area contributed by atoms with E-state index in [1.807, 2.05) is 43.5 Å². The summed E-state index contributed by atoms with van der Waals surface area (Å²) in [6.45, 7) is 3.67. The highest BCUT2D eigenvalue weighted by Gasteiger charge is 2.14. The third-order valence-electron chi connectivity index (χ3n) is 3.84. The van der Waals surface area contributed by atoms with Gasteiger partial charge in [0.05, 0.1) is 12.3 Å². The molecule has 0 aliphatic rings. The van der Waals surface area contributed by atoms with E-state index < -0.39 is 0 Å². The van der Waals surface area contributed by atoms with Gasteiger partial charge in [0.1, 0.15) is 5.01 Å². The molecule has 0 saturated heterocycles. The Morgan fingerprint density at radius 3 is 2.93 bits per heavy atom. The van der Waals surface area contributed by atoms with Crippen molar-refractivity contribution >= 4 is 22.5 Å². The number of nitrogens with one attached hydrogen (secondary N) is 1. The van der Waals surface area contributed by atoms with E-state index in [0.717, 1.165) is 16.3 Å². The standard InChI is InChI=1S/C18H22N6O2S/c1-3-26-12-9-16-21-22-17(27-16)20-18(25)23(2)13-14-7-4-5-8-15(14)24-11-6-10-19-24/h4-8,10-11H,3,9,12-13H2,1-2H3,(H,20,22,25). The zero-order valence-electron chi connectivity index (χ0n) is 15.3. The number of hydrogen-bond acceptors (Lipinski definition) is 6. The fourth-order valence-electron chi connectivity index (χ4n) is 2.50. The molecule has 27 heavy (non-hydrogen) atoms. The molecule has 142 valence electrons. The number of ether oxygens (including phenoxy) is 1. The highest BCUT2D eigenvalue weighted by atomic mass is 32.1. The van der Waals surface area contributed by atoms with E-state index in [0.29, 0.717) is 31.3 Å². The van der Waals surface area contributed by atoms with Crippen LogP contribution < -0.4 is 5.32 Å². The number of hydrogen-bond donors (Lipinski definition) is 1. The van der Waals surface area contributed by atoms with Crippen molar-refractivity contribution in [2.45, 2.75) is 19.9 Å². The fraction of sp³-hybridized carbons (Fsp3) is 0.333. The van der Waals surface area contributed by atoms with E-state index in [-0.39, 0.29) is 6.03 Å². The Labute approximate surface area is 161 Å². The van der Waals surface area contributed by atoms with Gasteiger partial charge < -0.3 is 9.64 Å². The van der Waals surface area contributed by atoms with Crippen LogP contribution in [0.2, 0.25) is 0 Å². The molecule has 0 spiro atoms. The highest BCUT2D eigenvalue weighted by molar-refractivity contribution is 7.15. The lowest BCUT2D eigenvalue weighted by Gasteiger charge is -2.19. The fourth-order valence-corrected chi connectivity index (χ4v) is 3.21. The lowest BCUT2D eigenvalue weighted by atomic mass is 10.1. The third-order valence-corrected chi connectivity index (χ3v) is 4.74. The van der Waals surface area contributed by atoms with Gasteiger partial charge in [-0.3, -0.25) is 5.32 Å². The van der Waals surface area contributed by atoms with E-state index in [1.54, 1.807) is 22.8 Å². The van der Waals surface area contributed by atoms with Crippen LogP contribution in [0.15, 0.2) is 42.7 Å². The van der Waals surface area contributed by atoms with Gasteiger partial charge in [-0.25, -0.2) is 9.48 Å². The van der Waals surface area contributed by atoms with Crippen molar-refractivity contribution in [1.82, 2.24) is 24.9 Å². The average Bonchev–Trinajstić information content (AvgIpc) is 3.34. The molecule has 0 fully saturated rings. The summed E-state index contributed by atoms with van der Waals surface area (Å²) in [5, 5.41) is 16.5. The molecule has 2 amide bonds. The van der Waals surface area contributed by atoms with Crippen LogP contribution in [-0.2, 0) is 17.7 Å². The summed E-state index contributed by atoms with van der Waals surface area (Å²) in [5.41, 5.74) is 1.93. The van der Waals surface area contributed by atoms with Crippen molar-refractivity contribution in [3.05, 3.63) is 53.3 Å². The Hall–Kier alpha value is -2.78. The number of amides is 2. The van der Waals surface area contributed by atoms with Crippen LogP contribution in [0.5, 0.6) is 0 Å². The first-order chi connectivity index (χ1) is 13.2. The van der Waals surface area contributed by atoms with Crippen LogP contribution >= 0.6 is 11.3 Å². The number of anilines is 1.